The maximum atomic E-state index is 11.3. The molecule has 0 bridgehead atoms. The van der Waals surface area contributed by atoms with Crippen molar-refractivity contribution in [3.8, 4) is 0 Å². The number of carbonyl (C=O) groups is 4. The molecule has 0 spiro atoms. The normalized spacial score (nSPS) is 15.0. The fourth-order valence-electron chi connectivity index (χ4n) is 1.44. The van der Waals surface area contributed by atoms with Crippen LogP contribution in [-0.4, -0.2) is 53.2 Å². The van der Waals surface area contributed by atoms with Crippen molar-refractivity contribution in [3.05, 3.63) is 0 Å². The SMILES string of the molecule is O=C(O)CC(NC(=O)NCCNC(=O)C1CC1)C(=O)O. The van der Waals surface area contributed by atoms with Crippen molar-refractivity contribution in [2.24, 2.45) is 5.92 Å². The monoisotopic (exact) mass is 287 g/mol. The molecule has 1 rings (SSSR count). The Hall–Kier alpha value is -2.32. The number of carboxylic acids is 2. The van der Waals surface area contributed by atoms with Crippen molar-refractivity contribution < 1.29 is 29.4 Å². The molecule has 112 valence electrons. The first-order chi connectivity index (χ1) is 9.40. The molecule has 1 unspecified atom stereocenters. The van der Waals surface area contributed by atoms with Gasteiger partial charge in [0.15, 0.2) is 0 Å². The van der Waals surface area contributed by atoms with E-state index >= 15 is 0 Å². The average molecular weight is 287 g/mol. The van der Waals surface area contributed by atoms with Gasteiger partial charge in [-0.2, -0.15) is 0 Å². The highest BCUT2D eigenvalue weighted by Crippen LogP contribution is 2.28. The molecule has 1 aliphatic rings. The van der Waals surface area contributed by atoms with E-state index in [-0.39, 0.29) is 24.9 Å². The van der Waals surface area contributed by atoms with Crippen molar-refractivity contribution in [2.75, 3.05) is 13.1 Å². The number of hydrogen-bond acceptors (Lipinski definition) is 4. The number of amides is 3. The van der Waals surface area contributed by atoms with Crippen LogP contribution in [-0.2, 0) is 14.4 Å². The van der Waals surface area contributed by atoms with Gasteiger partial charge in [0.1, 0.15) is 6.04 Å². The van der Waals surface area contributed by atoms with Crippen molar-refractivity contribution in [2.45, 2.75) is 25.3 Å². The molecular formula is C11H17N3O6. The Labute approximate surface area is 114 Å². The molecule has 0 aromatic rings. The zero-order chi connectivity index (χ0) is 15.1. The molecule has 9 nitrogen and oxygen atoms in total. The maximum Gasteiger partial charge on any atom is 0.326 e. The van der Waals surface area contributed by atoms with Gasteiger partial charge in [0.05, 0.1) is 6.42 Å². The summed E-state index contributed by atoms with van der Waals surface area (Å²) in [5.41, 5.74) is 0. The summed E-state index contributed by atoms with van der Waals surface area (Å²) in [6.45, 7) is 0.364. The smallest absolute Gasteiger partial charge is 0.326 e. The Kier molecular flexibility index (Phi) is 5.75. The van der Waals surface area contributed by atoms with Gasteiger partial charge < -0.3 is 26.2 Å². The molecule has 0 heterocycles. The van der Waals surface area contributed by atoms with E-state index in [1.807, 2.05) is 5.32 Å². The third-order valence-corrected chi connectivity index (χ3v) is 2.64. The van der Waals surface area contributed by atoms with Gasteiger partial charge in [0.2, 0.25) is 5.91 Å². The van der Waals surface area contributed by atoms with E-state index in [4.69, 9.17) is 10.2 Å². The van der Waals surface area contributed by atoms with Gasteiger partial charge in [-0.3, -0.25) is 9.59 Å². The maximum absolute atomic E-state index is 11.3. The molecule has 1 aliphatic carbocycles. The van der Waals surface area contributed by atoms with Crippen LogP contribution < -0.4 is 16.0 Å². The van der Waals surface area contributed by atoms with Crippen LogP contribution in [0.1, 0.15) is 19.3 Å². The van der Waals surface area contributed by atoms with Crippen LogP contribution in [0.4, 0.5) is 4.79 Å². The number of urea groups is 1. The topological polar surface area (TPSA) is 145 Å². The van der Waals surface area contributed by atoms with Crippen LogP contribution in [0, 0.1) is 5.92 Å². The molecular weight excluding hydrogens is 270 g/mol. The molecule has 1 atom stereocenters. The minimum atomic E-state index is -1.49. The van der Waals surface area contributed by atoms with E-state index in [2.05, 4.69) is 10.6 Å². The Bertz CT molecular complexity index is 407. The van der Waals surface area contributed by atoms with Crippen LogP contribution in [0.5, 0.6) is 0 Å². The van der Waals surface area contributed by atoms with Crippen LogP contribution in [0.3, 0.4) is 0 Å². The van der Waals surface area contributed by atoms with Crippen molar-refractivity contribution >= 4 is 23.9 Å². The third kappa shape index (κ3) is 6.03. The van der Waals surface area contributed by atoms with Crippen molar-refractivity contribution in [3.63, 3.8) is 0 Å². The number of carbonyl (C=O) groups excluding carboxylic acids is 2. The summed E-state index contributed by atoms with van der Waals surface area (Å²) in [6.07, 6.45) is 1.06. The molecule has 0 radical (unpaired) electrons. The zero-order valence-corrected chi connectivity index (χ0v) is 10.7. The van der Waals surface area contributed by atoms with E-state index < -0.39 is 30.4 Å². The molecule has 5 N–H and O–H groups in total. The largest absolute Gasteiger partial charge is 0.481 e. The van der Waals surface area contributed by atoms with Gasteiger partial charge in [-0.1, -0.05) is 0 Å². The summed E-state index contributed by atoms with van der Waals surface area (Å²) in [5, 5.41) is 24.2. The van der Waals surface area contributed by atoms with Gasteiger partial charge in [-0.05, 0) is 12.8 Å². The second-order valence-electron chi connectivity index (χ2n) is 4.45. The van der Waals surface area contributed by atoms with Gasteiger partial charge >= 0.3 is 18.0 Å². The summed E-state index contributed by atoms with van der Waals surface area (Å²) in [5.74, 6) is -2.73. The minimum Gasteiger partial charge on any atom is -0.481 e. The Balaban J connectivity index is 2.18. The van der Waals surface area contributed by atoms with E-state index in [1.165, 1.54) is 0 Å². The molecule has 9 heteroatoms. The van der Waals surface area contributed by atoms with E-state index in [0.29, 0.717) is 0 Å². The predicted molar refractivity (Wildman–Crippen MR) is 65.9 cm³/mol. The number of aliphatic carboxylic acids is 2. The standard InChI is InChI=1S/C11H17N3O6/c15-8(16)5-7(10(18)19)14-11(20)13-4-3-12-9(17)6-1-2-6/h6-7H,1-5H2,(H,12,17)(H,15,16)(H,18,19)(H2,13,14,20). The Morgan fingerprint density at radius 1 is 1.05 bits per heavy atom. The summed E-state index contributed by atoms with van der Waals surface area (Å²) in [6, 6.07) is -2.28. The number of rotatable bonds is 8. The molecule has 1 fully saturated rings. The van der Waals surface area contributed by atoms with Gasteiger partial charge in [0, 0.05) is 19.0 Å². The minimum absolute atomic E-state index is 0.0542. The van der Waals surface area contributed by atoms with Crippen molar-refractivity contribution in [1.29, 1.82) is 0 Å². The van der Waals surface area contributed by atoms with E-state index in [0.717, 1.165) is 12.8 Å². The predicted octanol–water partition coefficient (Wildman–Crippen LogP) is -1.26. The molecule has 0 aromatic heterocycles. The van der Waals surface area contributed by atoms with Crippen LogP contribution >= 0.6 is 0 Å². The highest BCUT2D eigenvalue weighted by atomic mass is 16.4. The first-order valence-electron chi connectivity index (χ1n) is 6.17. The molecule has 20 heavy (non-hydrogen) atoms. The van der Waals surface area contributed by atoms with Gasteiger partial charge in [-0.15, -0.1) is 0 Å². The molecule has 0 aromatic carbocycles. The summed E-state index contributed by atoms with van der Waals surface area (Å²) < 4.78 is 0. The molecule has 0 saturated heterocycles. The zero-order valence-electron chi connectivity index (χ0n) is 10.7. The molecule has 3 amide bonds. The lowest BCUT2D eigenvalue weighted by Crippen LogP contribution is -2.48. The first-order valence-corrected chi connectivity index (χ1v) is 6.17. The quantitative estimate of drug-likeness (QED) is 0.352. The lowest BCUT2D eigenvalue weighted by atomic mass is 10.2. The van der Waals surface area contributed by atoms with Crippen LogP contribution in [0.2, 0.25) is 0 Å². The van der Waals surface area contributed by atoms with Gasteiger partial charge in [0.25, 0.3) is 0 Å². The van der Waals surface area contributed by atoms with E-state index in [9.17, 15) is 19.2 Å². The Morgan fingerprint density at radius 2 is 1.65 bits per heavy atom. The number of nitrogens with one attached hydrogen (secondary N) is 3. The summed E-state index contributed by atoms with van der Waals surface area (Å²) in [7, 11) is 0. The average Bonchev–Trinajstić information content (AvgIpc) is 3.17. The van der Waals surface area contributed by atoms with Crippen LogP contribution in [0.25, 0.3) is 0 Å². The van der Waals surface area contributed by atoms with Gasteiger partial charge in [-0.25, -0.2) is 9.59 Å². The first kappa shape index (κ1) is 15.7. The second-order valence-corrected chi connectivity index (χ2v) is 4.45. The third-order valence-electron chi connectivity index (χ3n) is 2.64. The lowest BCUT2D eigenvalue weighted by molar-refractivity contribution is -0.145. The lowest BCUT2D eigenvalue weighted by Gasteiger charge is -2.13. The summed E-state index contributed by atoms with van der Waals surface area (Å²) in [4.78, 5) is 43.7. The fraction of sp³-hybridized carbons (Fsp3) is 0.636. The van der Waals surface area contributed by atoms with Crippen LogP contribution in [0.15, 0.2) is 0 Å². The number of carboxylic acid groups (broad SMARTS) is 2. The summed E-state index contributed by atoms with van der Waals surface area (Å²) >= 11 is 0. The van der Waals surface area contributed by atoms with E-state index in [1.54, 1.807) is 0 Å². The molecule has 1 saturated carbocycles. The second kappa shape index (κ2) is 7.31. The van der Waals surface area contributed by atoms with Crippen molar-refractivity contribution in [1.82, 2.24) is 16.0 Å². The molecule has 0 aliphatic heterocycles. The highest BCUT2D eigenvalue weighted by molar-refractivity contribution is 5.86. The Morgan fingerprint density at radius 3 is 2.15 bits per heavy atom. The number of hydrogen-bond donors (Lipinski definition) is 5. The highest BCUT2D eigenvalue weighted by Gasteiger charge is 2.29. The fourth-order valence-corrected chi connectivity index (χ4v) is 1.44.